The topological polar surface area (TPSA) is 15.3 Å². The largest absolute Gasteiger partial charge is 0.310 e. The van der Waals surface area contributed by atoms with Crippen LogP contribution in [0, 0.1) is 0 Å². The van der Waals surface area contributed by atoms with E-state index >= 15 is 0 Å². The zero-order chi connectivity index (χ0) is 18.1. The Hall–Kier alpha value is -0.870. The Balaban J connectivity index is 2.02. The Morgan fingerprint density at radius 3 is 2.52 bits per heavy atom. The van der Waals surface area contributed by atoms with Crippen LogP contribution in [0.3, 0.4) is 0 Å². The Labute approximate surface area is 165 Å². The minimum atomic E-state index is 0.283. The second-order valence-corrected chi connectivity index (χ2v) is 7.64. The molecule has 0 amide bonds. The third-order valence-corrected chi connectivity index (χ3v) is 5.23. The van der Waals surface area contributed by atoms with Gasteiger partial charge < -0.3 is 5.32 Å². The van der Waals surface area contributed by atoms with E-state index in [0.29, 0.717) is 0 Å². The lowest BCUT2D eigenvalue weighted by atomic mass is 10.0. The van der Waals surface area contributed by atoms with Gasteiger partial charge in [-0.2, -0.15) is 0 Å². The summed E-state index contributed by atoms with van der Waals surface area (Å²) in [6, 6.07) is 17.1. The van der Waals surface area contributed by atoms with Gasteiger partial charge in [-0.3, -0.25) is 4.90 Å². The van der Waals surface area contributed by atoms with Crippen molar-refractivity contribution < 1.29 is 0 Å². The maximum Gasteiger partial charge on any atom is 0.0465 e. The molecule has 0 aliphatic carbocycles. The molecule has 1 atom stereocenters. The molecule has 0 aliphatic heterocycles. The quantitative estimate of drug-likeness (QED) is 0.500. The molecule has 0 saturated heterocycles. The molecule has 1 unspecified atom stereocenters. The maximum atomic E-state index is 6.50. The van der Waals surface area contributed by atoms with E-state index in [1.54, 1.807) is 0 Å². The number of nitrogens with one attached hydrogen (secondary N) is 1. The number of hydrogen-bond acceptors (Lipinski definition) is 2. The molecule has 2 rings (SSSR count). The monoisotopic (exact) mass is 422 g/mol. The van der Waals surface area contributed by atoms with Crippen LogP contribution in [0.1, 0.15) is 43.9 Å². The highest BCUT2D eigenvalue weighted by Gasteiger charge is 2.16. The molecular weight excluding hydrogens is 396 g/mol. The number of nitrogens with zero attached hydrogens (tertiary/aromatic N) is 1. The van der Waals surface area contributed by atoms with Crippen molar-refractivity contribution in [2.24, 2.45) is 0 Å². The molecule has 0 fully saturated rings. The van der Waals surface area contributed by atoms with E-state index in [-0.39, 0.29) is 6.04 Å². The van der Waals surface area contributed by atoms with Crippen LogP contribution in [0.5, 0.6) is 0 Å². The number of hydrogen-bond donors (Lipinski definition) is 1. The van der Waals surface area contributed by atoms with Crippen molar-refractivity contribution in [1.29, 1.82) is 0 Å². The first-order valence-corrected chi connectivity index (χ1v) is 10.3. The first-order chi connectivity index (χ1) is 12.1. The first kappa shape index (κ1) is 20.4. The average molecular weight is 424 g/mol. The van der Waals surface area contributed by atoms with Gasteiger partial charge in [-0.1, -0.05) is 77.8 Å². The lowest BCUT2D eigenvalue weighted by Gasteiger charge is -2.26. The Bertz CT molecular complexity index is 633. The van der Waals surface area contributed by atoms with E-state index in [4.69, 9.17) is 11.6 Å². The summed E-state index contributed by atoms with van der Waals surface area (Å²) in [6.07, 6.45) is 2.16. The van der Waals surface area contributed by atoms with Gasteiger partial charge in [-0.05, 0) is 49.2 Å². The fraction of sp³-hybridized carbons (Fsp3) is 0.429. The molecule has 0 aliphatic rings. The predicted molar refractivity (Wildman–Crippen MR) is 112 cm³/mol. The molecule has 2 aromatic carbocycles. The van der Waals surface area contributed by atoms with E-state index < -0.39 is 0 Å². The van der Waals surface area contributed by atoms with Crippen molar-refractivity contribution in [2.75, 3.05) is 19.6 Å². The molecule has 1 N–H and O–H groups in total. The second kappa shape index (κ2) is 11.0. The molecule has 2 nitrogen and oxygen atoms in total. The highest BCUT2D eigenvalue weighted by molar-refractivity contribution is 9.10. The lowest BCUT2D eigenvalue weighted by Crippen LogP contribution is -2.30. The molecule has 0 radical (unpaired) electrons. The SMILES string of the molecule is CCCNC(CCN(CC)Cc1ccccc1)c1ccc(Br)cc1Cl. The van der Waals surface area contributed by atoms with Gasteiger partial charge in [0.05, 0.1) is 0 Å². The smallest absolute Gasteiger partial charge is 0.0465 e. The van der Waals surface area contributed by atoms with Gasteiger partial charge in [-0.15, -0.1) is 0 Å². The number of rotatable bonds is 10. The van der Waals surface area contributed by atoms with Crippen molar-refractivity contribution in [3.8, 4) is 0 Å². The van der Waals surface area contributed by atoms with Crippen molar-refractivity contribution in [3.05, 3.63) is 69.2 Å². The average Bonchev–Trinajstić information content (AvgIpc) is 2.62. The van der Waals surface area contributed by atoms with Crippen LogP contribution in [0.15, 0.2) is 53.0 Å². The zero-order valence-corrected chi connectivity index (χ0v) is 17.5. The Kier molecular flexibility index (Phi) is 8.97. The highest BCUT2D eigenvalue weighted by atomic mass is 79.9. The summed E-state index contributed by atoms with van der Waals surface area (Å²) in [5.41, 5.74) is 2.55. The summed E-state index contributed by atoms with van der Waals surface area (Å²) in [5, 5.41) is 4.49. The molecule has 136 valence electrons. The van der Waals surface area contributed by atoms with Gasteiger partial charge in [0.15, 0.2) is 0 Å². The summed E-state index contributed by atoms with van der Waals surface area (Å²) in [7, 11) is 0. The lowest BCUT2D eigenvalue weighted by molar-refractivity contribution is 0.261. The molecule has 0 bridgehead atoms. The Morgan fingerprint density at radius 2 is 1.88 bits per heavy atom. The zero-order valence-electron chi connectivity index (χ0n) is 15.1. The van der Waals surface area contributed by atoms with Crippen LogP contribution in [0.2, 0.25) is 5.02 Å². The van der Waals surface area contributed by atoms with Crippen LogP contribution in [-0.4, -0.2) is 24.5 Å². The summed E-state index contributed by atoms with van der Waals surface area (Å²) >= 11 is 9.99. The van der Waals surface area contributed by atoms with Crippen LogP contribution < -0.4 is 5.32 Å². The fourth-order valence-electron chi connectivity index (χ4n) is 2.97. The molecule has 0 saturated carbocycles. The van der Waals surface area contributed by atoms with Gasteiger partial charge in [0.2, 0.25) is 0 Å². The van der Waals surface area contributed by atoms with Gasteiger partial charge >= 0.3 is 0 Å². The highest BCUT2D eigenvalue weighted by Crippen LogP contribution is 2.28. The van der Waals surface area contributed by atoms with Crippen molar-refractivity contribution in [1.82, 2.24) is 10.2 Å². The minimum absolute atomic E-state index is 0.283. The van der Waals surface area contributed by atoms with Crippen LogP contribution >= 0.6 is 27.5 Å². The summed E-state index contributed by atoms with van der Waals surface area (Å²) in [4.78, 5) is 2.49. The van der Waals surface area contributed by atoms with E-state index in [1.807, 2.05) is 6.07 Å². The van der Waals surface area contributed by atoms with Crippen molar-refractivity contribution in [3.63, 3.8) is 0 Å². The van der Waals surface area contributed by atoms with Gasteiger partial charge in [-0.25, -0.2) is 0 Å². The molecule has 2 aromatic rings. The standard InChI is InChI=1S/C21H28BrClN2/c1-3-13-24-21(19-11-10-18(22)15-20(19)23)12-14-25(4-2)16-17-8-6-5-7-9-17/h5-11,15,21,24H,3-4,12-14,16H2,1-2H3. The van der Waals surface area contributed by atoms with Crippen LogP contribution in [-0.2, 0) is 6.54 Å². The molecule has 0 heterocycles. The van der Waals surface area contributed by atoms with E-state index in [9.17, 15) is 0 Å². The maximum absolute atomic E-state index is 6.50. The second-order valence-electron chi connectivity index (χ2n) is 6.32. The predicted octanol–water partition coefficient (Wildman–Crippen LogP) is 6.06. The van der Waals surface area contributed by atoms with Gasteiger partial charge in [0.1, 0.15) is 0 Å². The summed E-state index contributed by atoms with van der Waals surface area (Å²) < 4.78 is 1.02. The van der Waals surface area contributed by atoms with Gasteiger partial charge in [0, 0.05) is 28.6 Å². The fourth-order valence-corrected chi connectivity index (χ4v) is 3.78. The third kappa shape index (κ3) is 6.74. The van der Waals surface area contributed by atoms with Crippen molar-refractivity contribution >= 4 is 27.5 Å². The van der Waals surface area contributed by atoms with E-state index in [1.165, 1.54) is 11.1 Å². The third-order valence-electron chi connectivity index (χ3n) is 4.41. The minimum Gasteiger partial charge on any atom is -0.310 e. The molecular formula is C21H28BrClN2. The van der Waals surface area contributed by atoms with Crippen LogP contribution in [0.4, 0.5) is 0 Å². The normalized spacial score (nSPS) is 12.5. The van der Waals surface area contributed by atoms with Crippen LogP contribution in [0.25, 0.3) is 0 Å². The Morgan fingerprint density at radius 1 is 1.12 bits per heavy atom. The molecule has 0 aromatic heterocycles. The molecule has 0 spiro atoms. The van der Waals surface area contributed by atoms with E-state index in [0.717, 1.165) is 48.5 Å². The molecule has 25 heavy (non-hydrogen) atoms. The van der Waals surface area contributed by atoms with Crippen molar-refractivity contribution in [2.45, 2.75) is 39.3 Å². The van der Waals surface area contributed by atoms with Gasteiger partial charge in [0.25, 0.3) is 0 Å². The summed E-state index contributed by atoms with van der Waals surface area (Å²) in [6.45, 7) is 8.50. The number of benzene rings is 2. The molecule has 4 heteroatoms. The first-order valence-electron chi connectivity index (χ1n) is 9.08. The number of halogens is 2. The summed E-state index contributed by atoms with van der Waals surface area (Å²) in [5.74, 6) is 0. The van der Waals surface area contributed by atoms with E-state index in [2.05, 4.69) is 82.5 Å².